The van der Waals surface area contributed by atoms with Gasteiger partial charge in [0.25, 0.3) is 0 Å². The molecule has 88 valence electrons. The van der Waals surface area contributed by atoms with E-state index in [1.165, 1.54) is 0 Å². The highest BCUT2D eigenvalue weighted by Gasteiger charge is 2.07. The van der Waals surface area contributed by atoms with Gasteiger partial charge in [-0.25, -0.2) is 4.79 Å². The van der Waals surface area contributed by atoms with Crippen LogP contribution in [0.2, 0.25) is 0 Å². The van der Waals surface area contributed by atoms with Gasteiger partial charge in [-0.15, -0.1) is 0 Å². The number of carbonyl (C=O) groups is 1. The van der Waals surface area contributed by atoms with Crippen LogP contribution in [0.25, 0.3) is 0 Å². The van der Waals surface area contributed by atoms with Gasteiger partial charge in [-0.3, -0.25) is 0 Å². The van der Waals surface area contributed by atoms with Crippen LogP contribution in [0.15, 0.2) is 22.7 Å². The summed E-state index contributed by atoms with van der Waals surface area (Å²) in [7, 11) is 1.66. The summed E-state index contributed by atoms with van der Waals surface area (Å²) in [6, 6.07) is 5.09. The Balaban J connectivity index is 2.56. The van der Waals surface area contributed by atoms with Crippen molar-refractivity contribution < 1.29 is 14.6 Å². The summed E-state index contributed by atoms with van der Waals surface area (Å²) in [5.74, 6) is -0.933. The zero-order valence-corrected chi connectivity index (χ0v) is 10.6. The molecule has 0 saturated heterocycles. The average Bonchev–Trinajstić information content (AvgIpc) is 2.24. The first kappa shape index (κ1) is 13.0. The largest absolute Gasteiger partial charge is 0.478 e. The first-order chi connectivity index (χ1) is 7.65. The second kappa shape index (κ2) is 6.50. The van der Waals surface area contributed by atoms with Crippen molar-refractivity contribution in [3.05, 3.63) is 28.2 Å². The van der Waals surface area contributed by atoms with Crippen LogP contribution >= 0.6 is 15.9 Å². The minimum atomic E-state index is -0.933. The number of rotatable bonds is 6. The van der Waals surface area contributed by atoms with Crippen LogP contribution in [0.1, 0.15) is 16.8 Å². The summed E-state index contributed by atoms with van der Waals surface area (Å²) in [5, 5.41) is 12.0. The van der Waals surface area contributed by atoms with Crippen molar-refractivity contribution in [2.24, 2.45) is 0 Å². The zero-order chi connectivity index (χ0) is 12.0. The van der Waals surface area contributed by atoms with Crippen LogP contribution in [0.4, 0.5) is 5.69 Å². The molecule has 1 rings (SSSR count). The van der Waals surface area contributed by atoms with Gasteiger partial charge >= 0.3 is 5.97 Å². The van der Waals surface area contributed by atoms with E-state index in [9.17, 15) is 4.79 Å². The first-order valence-electron chi connectivity index (χ1n) is 4.91. The van der Waals surface area contributed by atoms with Crippen LogP contribution in [-0.2, 0) is 4.74 Å². The molecule has 0 aliphatic rings. The Labute approximate surface area is 103 Å². The molecule has 0 radical (unpaired) electrons. The number of benzene rings is 1. The molecule has 0 amide bonds. The quantitative estimate of drug-likeness (QED) is 0.790. The summed E-state index contributed by atoms with van der Waals surface area (Å²) >= 11 is 3.22. The second-order valence-electron chi connectivity index (χ2n) is 3.27. The first-order valence-corrected chi connectivity index (χ1v) is 5.70. The van der Waals surface area contributed by atoms with Crippen molar-refractivity contribution in [2.75, 3.05) is 25.6 Å². The highest BCUT2D eigenvalue weighted by atomic mass is 79.9. The highest BCUT2D eigenvalue weighted by Crippen LogP contribution is 2.21. The third-order valence-corrected chi connectivity index (χ3v) is 2.71. The molecule has 4 nitrogen and oxygen atoms in total. The fraction of sp³-hybridized carbons (Fsp3) is 0.364. The van der Waals surface area contributed by atoms with Crippen LogP contribution in [0, 0.1) is 0 Å². The lowest BCUT2D eigenvalue weighted by atomic mass is 10.2. The maximum atomic E-state index is 10.8. The topological polar surface area (TPSA) is 58.6 Å². The van der Waals surface area contributed by atoms with Gasteiger partial charge in [0.05, 0.1) is 5.56 Å². The van der Waals surface area contributed by atoms with Crippen molar-refractivity contribution >= 4 is 27.6 Å². The summed E-state index contributed by atoms with van der Waals surface area (Å²) in [5.41, 5.74) is 1.16. The molecule has 1 aromatic carbocycles. The Bertz CT molecular complexity index is 368. The molecular weight excluding hydrogens is 274 g/mol. The highest BCUT2D eigenvalue weighted by molar-refractivity contribution is 9.10. The summed E-state index contributed by atoms with van der Waals surface area (Å²) in [4.78, 5) is 10.8. The SMILES string of the molecule is COCCCNc1ccc(C(=O)O)c(Br)c1. The Morgan fingerprint density at radius 1 is 1.56 bits per heavy atom. The molecule has 0 spiro atoms. The van der Waals surface area contributed by atoms with Crippen LogP contribution in [-0.4, -0.2) is 31.3 Å². The molecular formula is C11H14BrNO3. The summed E-state index contributed by atoms with van der Waals surface area (Å²) < 4.78 is 5.51. The molecule has 0 aliphatic heterocycles. The van der Waals surface area contributed by atoms with Crippen molar-refractivity contribution in [2.45, 2.75) is 6.42 Å². The number of ether oxygens (including phenoxy) is 1. The van der Waals surface area contributed by atoms with Crippen molar-refractivity contribution in [3.63, 3.8) is 0 Å². The second-order valence-corrected chi connectivity index (χ2v) is 4.13. The lowest BCUT2D eigenvalue weighted by molar-refractivity contribution is 0.0696. The molecule has 0 unspecified atom stereocenters. The molecule has 2 N–H and O–H groups in total. The predicted molar refractivity (Wildman–Crippen MR) is 66.1 cm³/mol. The van der Waals surface area contributed by atoms with Gasteiger partial charge in [0.15, 0.2) is 0 Å². The fourth-order valence-corrected chi connectivity index (χ4v) is 1.80. The molecule has 0 aliphatic carbocycles. The fourth-order valence-electron chi connectivity index (χ4n) is 1.25. The summed E-state index contributed by atoms with van der Waals surface area (Å²) in [6.45, 7) is 1.51. The number of carboxylic acids is 1. The molecule has 16 heavy (non-hydrogen) atoms. The molecule has 1 aromatic rings. The van der Waals surface area contributed by atoms with Gasteiger partial charge in [0, 0.05) is 30.4 Å². The number of aromatic carboxylic acids is 1. The van der Waals surface area contributed by atoms with E-state index >= 15 is 0 Å². The predicted octanol–water partition coefficient (Wildman–Crippen LogP) is 2.60. The van der Waals surface area contributed by atoms with Crippen LogP contribution in [0.5, 0.6) is 0 Å². The third kappa shape index (κ3) is 3.83. The molecule has 0 aromatic heterocycles. The number of halogens is 1. The Morgan fingerprint density at radius 3 is 2.88 bits per heavy atom. The average molecular weight is 288 g/mol. The Hall–Kier alpha value is -1.07. The Morgan fingerprint density at radius 2 is 2.31 bits per heavy atom. The molecule has 0 fully saturated rings. The Kier molecular flexibility index (Phi) is 5.28. The van der Waals surface area contributed by atoms with Gasteiger partial charge in [0.1, 0.15) is 0 Å². The number of anilines is 1. The van der Waals surface area contributed by atoms with Crippen LogP contribution in [0.3, 0.4) is 0 Å². The smallest absolute Gasteiger partial charge is 0.336 e. The monoisotopic (exact) mass is 287 g/mol. The lowest BCUT2D eigenvalue weighted by Crippen LogP contribution is -2.05. The van der Waals surface area contributed by atoms with E-state index in [2.05, 4.69) is 21.2 Å². The van der Waals surface area contributed by atoms with E-state index in [1.807, 2.05) is 0 Å². The van der Waals surface area contributed by atoms with Gasteiger partial charge < -0.3 is 15.2 Å². The standard InChI is InChI=1S/C11H14BrNO3/c1-16-6-2-5-13-8-3-4-9(11(14)15)10(12)7-8/h3-4,7,13H,2,5-6H2,1H3,(H,14,15). The normalized spacial score (nSPS) is 10.1. The molecule has 0 heterocycles. The molecule has 0 atom stereocenters. The minimum Gasteiger partial charge on any atom is -0.478 e. The number of carboxylic acid groups (broad SMARTS) is 1. The van der Waals surface area contributed by atoms with E-state index in [0.717, 1.165) is 18.7 Å². The molecule has 0 saturated carbocycles. The van der Waals surface area contributed by atoms with Crippen molar-refractivity contribution in [3.8, 4) is 0 Å². The number of hydrogen-bond donors (Lipinski definition) is 2. The maximum absolute atomic E-state index is 10.8. The van der Waals surface area contributed by atoms with Crippen molar-refractivity contribution in [1.82, 2.24) is 0 Å². The van der Waals surface area contributed by atoms with Gasteiger partial charge in [0.2, 0.25) is 0 Å². The number of methoxy groups -OCH3 is 1. The van der Waals surface area contributed by atoms with E-state index in [1.54, 1.807) is 25.3 Å². The third-order valence-electron chi connectivity index (χ3n) is 2.05. The molecule has 5 heteroatoms. The lowest BCUT2D eigenvalue weighted by Gasteiger charge is -2.07. The summed E-state index contributed by atoms with van der Waals surface area (Å²) in [6.07, 6.45) is 0.912. The van der Waals surface area contributed by atoms with E-state index < -0.39 is 5.97 Å². The molecule has 0 bridgehead atoms. The zero-order valence-electron chi connectivity index (χ0n) is 9.00. The number of nitrogens with one attached hydrogen (secondary N) is 1. The van der Waals surface area contributed by atoms with Gasteiger partial charge in [-0.2, -0.15) is 0 Å². The van der Waals surface area contributed by atoms with E-state index in [-0.39, 0.29) is 5.56 Å². The van der Waals surface area contributed by atoms with Gasteiger partial charge in [-0.05, 0) is 40.5 Å². The minimum absolute atomic E-state index is 0.266. The van der Waals surface area contributed by atoms with Gasteiger partial charge in [-0.1, -0.05) is 0 Å². The maximum Gasteiger partial charge on any atom is 0.336 e. The number of hydrogen-bond acceptors (Lipinski definition) is 3. The van der Waals surface area contributed by atoms with E-state index in [0.29, 0.717) is 11.1 Å². The van der Waals surface area contributed by atoms with Crippen molar-refractivity contribution in [1.29, 1.82) is 0 Å². The van der Waals surface area contributed by atoms with Crippen LogP contribution < -0.4 is 5.32 Å². The van der Waals surface area contributed by atoms with E-state index in [4.69, 9.17) is 9.84 Å².